The molecule has 1 atom stereocenters. The molecule has 1 unspecified atom stereocenters. The smallest absolute Gasteiger partial charge is 0.126 e. The second-order valence-corrected chi connectivity index (χ2v) is 4.78. The first kappa shape index (κ1) is 10.3. The van der Waals surface area contributed by atoms with Gasteiger partial charge in [0.2, 0.25) is 0 Å². The second kappa shape index (κ2) is 4.18. The van der Waals surface area contributed by atoms with Gasteiger partial charge >= 0.3 is 0 Å². The molecule has 0 aliphatic carbocycles. The number of hydrogen-bond acceptors (Lipinski definition) is 3. The zero-order valence-corrected chi connectivity index (χ0v) is 9.58. The van der Waals surface area contributed by atoms with Crippen molar-refractivity contribution in [3.05, 3.63) is 17.2 Å². The van der Waals surface area contributed by atoms with Crippen molar-refractivity contribution in [2.24, 2.45) is 0 Å². The van der Waals surface area contributed by atoms with Crippen LogP contribution in [0.25, 0.3) is 0 Å². The van der Waals surface area contributed by atoms with Crippen LogP contribution in [0, 0.1) is 0 Å². The number of aliphatic hydroxyl groups excluding tert-OH is 1. The van der Waals surface area contributed by atoms with Crippen molar-refractivity contribution in [2.75, 3.05) is 6.54 Å². The molecule has 4 heteroatoms. The van der Waals surface area contributed by atoms with Gasteiger partial charge < -0.3 is 15.0 Å². The van der Waals surface area contributed by atoms with Gasteiger partial charge in [-0.2, -0.15) is 0 Å². The number of imidazole rings is 1. The van der Waals surface area contributed by atoms with Crippen molar-refractivity contribution < 1.29 is 5.11 Å². The van der Waals surface area contributed by atoms with Gasteiger partial charge in [0, 0.05) is 12.2 Å². The molecule has 0 aromatic carbocycles. The molecule has 0 amide bonds. The van der Waals surface area contributed by atoms with Crippen molar-refractivity contribution in [1.82, 2.24) is 14.9 Å². The zero-order chi connectivity index (χ0) is 11.0. The molecule has 4 nitrogen and oxygen atoms in total. The predicted molar refractivity (Wildman–Crippen MR) is 61.1 cm³/mol. The summed E-state index contributed by atoms with van der Waals surface area (Å²) in [6, 6.07) is 0.414. The lowest BCUT2D eigenvalue weighted by Gasteiger charge is -2.19. The van der Waals surface area contributed by atoms with E-state index < -0.39 is 0 Å². The van der Waals surface area contributed by atoms with Crippen LogP contribution in [-0.2, 0) is 19.6 Å². The fourth-order valence-corrected chi connectivity index (χ4v) is 2.95. The van der Waals surface area contributed by atoms with Gasteiger partial charge in [0.05, 0.1) is 18.3 Å². The Labute approximate surface area is 95.7 Å². The van der Waals surface area contributed by atoms with E-state index in [2.05, 4.69) is 14.9 Å². The molecule has 3 heterocycles. The number of fused-ring (bicyclic) bond motifs is 1. The number of nitrogens with zero attached hydrogens (tertiary/aromatic N) is 2. The van der Waals surface area contributed by atoms with E-state index in [1.54, 1.807) is 0 Å². The average Bonchev–Trinajstić information content (AvgIpc) is 2.95. The number of nitrogens with one attached hydrogen (secondary N) is 1. The van der Waals surface area contributed by atoms with Gasteiger partial charge in [-0.25, -0.2) is 4.98 Å². The molecule has 88 valence electrons. The molecule has 0 radical (unpaired) electrons. The van der Waals surface area contributed by atoms with Crippen molar-refractivity contribution in [3.8, 4) is 0 Å². The van der Waals surface area contributed by atoms with Crippen LogP contribution in [-0.4, -0.2) is 21.2 Å². The second-order valence-electron chi connectivity index (χ2n) is 4.78. The van der Waals surface area contributed by atoms with Crippen molar-refractivity contribution in [3.63, 3.8) is 0 Å². The molecule has 0 bridgehead atoms. The molecular weight excluding hydrogens is 202 g/mol. The Bertz CT molecular complexity index is 380. The summed E-state index contributed by atoms with van der Waals surface area (Å²) in [5, 5.41) is 12.8. The first-order valence-corrected chi connectivity index (χ1v) is 6.32. The molecule has 0 saturated carbocycles. The van der Waals surface area contributed by atoms with Gasteiger partial charge in [-0.15, -0.1) is 0 Å². The highest BCUT2D eigenvalue weighted by atomic mass is 16.3. The van der Waals surface area contributed by atoms with Crippen LogP contribution in [0.2, 0.25) is 0 Å². The molecule has 1 aromatic rings. The Hall–Kier alpha value is -0.870. The number of rotatable bonds is 2. The lowest BCUT2D eigenvalue weighted by atomic mass is 10.1. The maximum absolute atomic E-state index is 9.35. The van der Waals surface area contributed by atoms with Crippen LogP contribution in [0.1, 0.15) is 48.9 Å². The summed E-state index contributed by atoms with van der Waals surface area (Å²) in [5.41, 5.74) is 2.18. The van der Waals surface area contributed by atoms with Gasteiger partial charge in [0.15, 0.2) is 0 Å². The van der Waals surface area contributed by atoms with E-state index in [-0.39, 0.29) is 6.61 Å². The molecule has 3 rings (SSSR count). The van der Waals surface area contributed by atoms with Crippen molar-refractivity contribution >= 4 is 0 Å². The van der Waals surface area contributed by atoms with E-state index in [0.717, 1.165) is 31.0 Å². The molecule has 1 saturated heterocycles. The van der Waals surface area contributed by atoms with Gasteiger partial charge in [0.1, 0.15) is 5.82 Å². The molecule has 1 aromatic heterocycles. The highest BCUT2D eigenvalue weighted by Crippen LogP contribution is 2.28. The fourth-order valence-electron chi connectivity index (χ4n) is 2.95. The minimum absolute atomic E-state index is 0.0854. The minimum Gasteiger partial charge on any atom is -0.390 e. The molecule has 0 spiro atoms. The first-order valence-electron chi connectivity index (χ1n) is 6.32. The summed E-state index contributed by atoms with van der Waals surface area (Å²) in [6.07, 6.45) is 5.97. The fraction of sp³-hybridized carbons (Fsp3) is 0.750. The quantitative estimate of drug-likeness (QED) is 0.787. The van der Waals surface area contributed by atoms with Crippen LogP contribution in [0.15, 0.2) is 0 Å². The Morgan fingerprint density at radius 1 is 1.38 bits per heavy atom. The van der Waals surface area contributed by atoms with Crippen LogP contribution in [0.3, 0.4) is 0 Å². The minimum atomic E-state index is 0.0854. The van der Waals surface area contributed by atoms with Crippen molar-refractivity contribution in [2.45, 2.75) is 51.3 Å². The van der Waals surface area contributed by atoms with Crippen LogP contribution < -0.4 is 5.32 Å². The number of aliphatic hydroxyl groups is 1. The summed E-state index contributed by atoms with van der Waals surface area (Å²) < 4.78 is 2.35. The first-order chi connectivity index (χ1) is 7.90. The molecular formula is C12H19N3O. The van der Waals surface area contributed by atoms with E-state index in [0.29, 0.717) is 6.04 Å². The summed E-state index contributed by atoms with van der Waals surface area (Å²) in [7, 11) is 0. The monoisotopic (exact) mass is 221 g/mol. The third-order valence-electron chi connectivity index (χ3n) is 3.75. The number of hydrogen-bond donors (Lipinski definition) is 2. The third kappa shape index (κ3) is 1.57. The summed E-state index contributed by atoms with van der Waals surface area (Å²) in [6.45, 7) is 2.26. The van der Waals surface area contributed by atoms with E-state index in [1.807, 2.05) is 0 Å². The Morgan fingerprint density at radius 3 is 3.06 bits per heavy atom. The summed E-state index contributed by atoms with van der Waals surface area (Å²) >= 11 is 0. The Balaban J connectivity index is 2.00. The SMILES string of the molecule is OCc1nc(C2CCCN2)n2c1CCCC2. The molecule has 1 fully saturated rings. The van der Waals surface area contributed by atoms with E-state index in [4.69, 9.17) is 0 Å². The largest absolute Gasteiger partial charge is 0.390 e. The third-order valence-corrected chi connectivity index (χ3v) is 3.75. The Kier molecular flexibility index (Phi) is 2.69. The van der Waals surface area contributed by atoms with Crippen LogP contribution >= 0.6 is 0 Å². The topological polar surface area (TPSA) is 50.1 Å². The van der Waals surface area contributed by atoms with Crippen LogP contribution in [0.5, 0.6) is 0 Å². The van der Waals surface area contributed by atoms with Gasteiger partial charge in [-0.05, 0) is 38.6 Å². The Morgan fingerprint density at radius 2 is 2.31 bits per heavy atom. The molecule has 16 heavy (non-hydrogen) atoms. The van der Waals surface area contributed by atoms with Gasteiger partial charge in [-0.1, -0.05) is 0 Å². The van der Waals surface area contributed by atoms with E-state index >= 15 is 0 Å². The number of aromatic nitrogens is 2. The normalized spacial score (nSPS) is 24.7. The lowest BCUT2D eigenvalue weighted by molar-refractivity contribution is 0.275. The highest BCUT2D eigenvalue weighted by Gasteiger charge is 2.26. The maximum Gasteiger partial charge on any atom is 0.126 e. The lowest BCUT2D eigenvalue weighted by Crippen LogP contribution is -2.20. The van der Waals surface area contributed by atoms with Gasteiger partial charge in [-0.3, -0.25) is 0 Å². The van der Waals surface area contributed by atoms with Crippen LogP contribution in [0.4, 0.5) is 0 Å². The maximum atomic E-state index is 9.35. The molecule has 2 aliphatic rings. The summed E-state index contributed by atoms with van der Waals surface area (Å²) in [5.74, 6) is 1.16. The van der Waals surface area contributed by atoms with Gasteiger partial charge in [0.25, 0.3) is 0 Å². The standard InChI is InChI=1S/C12H19N3O/c16-8-10-11-5-1-2-7-15(11)12(14-10)9-4-3-6-13-9/h9,13,16H,1-8H2. The predicted octanol–water partition coefficient (Wildman–Crippen LogP) is 1.14. The highest BCUT2D eigenvalue weighted by molar-refractivity contribution is 5.21. The van der Waals surface area contributed by atoms with Crippen molar-refractivity contribution in [1.29, 1.82) is 0 Å². The molecule has 2 N–H and O–H groups in total. The zero-order valence-electron chi connectivity index (χ0n) is 9.58. The van der Waals surface area contributed by atoms with E-state index in [9.17, 15) is 5.11 Å². The average molecular weight is 221 g/mol. The molecule has 2 aliphatic heterocycles. The summed E-state index contributed by atoms with van der Waals surface area (Å²) in [4.78, 5) is 4.64. The van der Waals surface area contributed by atoms with E-state index in [1.165, 1.54) is 31.4 Å².